The van der Waals surface area contributed by atoms with Gasteiger partial charge in [0.2, 0.25) is 0 Å². The lowest BCUT2D eigenvalue weighted by Gasteiger charge is -2.19. The molecule has 10 heteroatoms. The highest BCUT2D eigenvalue weighted by Crippen LogP contribution is 2.29. The van der Waals surface area contributed by atoms with E-state index in [4.69, 9.17) is 11.6 Å². The van der Waals surface area contributed by atoms with Gasteiger partial charge in [-0.3, -0.25) is 14.4 Å². The van der Waals surface area contributed by atoms with E-state index in [1.807, 2.05) is 0 Å². The van der Waals surface area contributed by atoms with Crippen molar-refractivity contribution in [1.82, 2.24) is 4.98 Å². The Balaban J connectivity index is 2.42. The van der Waals surface area contributed by atoms with Crippen LogP contribution in [0.4, 0.5) is 11.5 Å². The van der Waals surface area contributed by atoms with E-state index >= 15 is 0 Å². The highest BCUT2D eigenvalue weighted by atomic mass is 79.9. The van der Waals surface area contributed by atoms with Gasteiger partial charge in [0.25, 0.3) is 15.7 Å². The number of nitro benzene ring substituents is 1. The number of rotatable bonds is 4. The Bertz CT molecular complexity index is 827. The van der Waals surface area contributed by atoms with Gasteiger partial charge in [-0.05, 0) is 34.1 Å². The minimum absolute atomic E-state index is 0.0794. The lowest BCUT2D eigenvalue weighted by atomic mass is 10.3. The van der Waals surface area contributed by atoms with Crippen LogP contribution in [0.1, 0.15) is 0 Å². The molecule has 0 bridgehead atoms. The molecule has 0 radical (unpaired) electrons. The van der Waals surface area contributed by atoms with Crippen molar-refractivity contribution in [2.24, 2.45) is 0 Å². The third kappa shape index (κ3) is 3.21. The maximum absolute atomic E-state index is 12.5. The van der Waals surface area contributed by atoms with Gasteiger partial charge < -0.3 is 0 Å². The maximum atomic E-state index is 12.5. The van der Waals surface area contributed by atoms with E-state index in [1.54, 1.807) is 0 Å². The minimum atomic E-state index is -3.89. The Labute approximate surface area is 139 Å². The van der Waals surface area contributed by atoms with Crippen molar-refractivity contribution in [2.45, 2.75) is 4.90 Å². The molecule has 0 N–H and O–H groups in total. The number of nitrogens with zero attached hydrogens (tertiary/aromatic N) is 3. The van der Waals surface area contributed by atoms with Gasteiger partial charge in [-0.25, -0.2) is 13.4 Å². The number of hydrogen-bond donors (Lipinski definition) is 0. The molecule has 1 heterocycles. The molecule has 0 fully saturated rings. The smallest absolute Gasteiger partial charge is 0.258 e. The van der Waals surface area contributed by atoms with E-state index < -0.39 is 14.9 Å². The van der Waals surface area contributed by atoms with Crippen molar-refractivity contribution >= 4 is 49.1 Å². The summed E-state index contributed by atoms with van der Waals surface area (Å²) in [4.78, 5) is 13.9. The van der Waals surface area contributed by atoms with Crippen LogP contribution < -0.4 is 4.31 Å². The minimum Gasteiger partial charge on any atom is -0.258 e. The molecule has 2 rings (SSSR count). The van der Waals surface area contributed by atoms with Crippen LogP contribution in [0.25, 0.3) is 0 Å². The molecule has 0 aliphatic heterocycles. The van der Waals surface area contributed by atoms with E-state index in [0.717, 1.165) is 16.4 Å². The average Bonchev–Trinajstić information content (AvgIpc) is 2.46. The number of nitro groups is 1. The standard InChI is InChI=1S/C12H9BrClN3O4S/c1-16(12-11(13)6-8(14)7-15-12)22(20,21)10-4-2-9(3-5-10)17(18)19/h2-7H,1H3. The summed E-state index contributed by atoms with van der Waals surface area (Å²) in [7, 11) is -2.56. The molecule has 0 saturated carbocycles. The van der Waals surface area contributed by atoms with Gasteiger partial charge >= 0.3 is 0 Å². The number of benzene rings is 1. The van der Waals surface area contributed by atoms with Gasteiger partial charge in [0.15, 0.2) is 5.82 Å². The van der Waals surface area contributed by atoms with Gasteiger partial charge in [0, 0.05) is 25.4 Å². The van der Waals surface area contributed by atoms with Crippen LogP contribution >= 0.6 is 27.5 Å². The first-order valence-electron chi connectivity index (χ1n) is 5.78. The molecule has 0 atom stereocenters. The Morgan fingerprint density at radius 2 is 1.91 bits per heavy atom. The number of pyridine rings is 1. The van der Waals surface area contributed by atoms with Crippen molar-refractivity contribution in [3.63, 3.8) is 0 Å². The highest BCUT2D eigenvalue weighted by molar-refractivity contribution is 9.10. The van der Waals surface area contributed by atoms with Crippen molar-refractivity contribution in [2.75, 3.05) is 11.4 Å². The molecule has 2 aromatic rings. The van der Waals surface area contributed by atoms with Gasteiger partial charge in [-0.1, -0.05) is 11.6 Å². The summed E-state index contributed by atoms with van der Waals surface area (Å²) < 4.78 is 26.4. The molecule has 22 heavy (non-hydrogen) atoms. The zero-order valence-corrected chi connectivity index (χ0v) is 14.3. The maximum Gasteiger partial charge on any atom is 0.269 e. The second-order valence-electron chi connectivity index (χ2n) is 4.18. The van der Waals surface area contributed by atoms with E-state index in [-0.39, 0.29) is 16.4 Å². The summed E-state index contributed by atoms with van der Waals surface area (Å²) in [6, 6.07) is 6.13. The topological polar surface area (TPSA) is 93.4 Å². The fraction of sp³-hybridized carbons (Fsp3) is 0.0833. The molecular formula is C12H9BrClN3O4S. The number of sulfonamides is 1. The predicted molar refractivity (Wildman–Crippen MR) is 85.6 cm³/mol. The highest BCUT2D eigenvalue weighted by Gasteiger charge is 2.24. The predicted octanol–water partition coefficient (Wildman–Crippen LogP) is 3.23. The monoisotopic (exact) mass is 405 g/mol. The van der Waals surface area contributed by atoms with Crippen LogP contribution in [0.3, 0.4) is 0 Å². The second-order valence-corrected chi connectivity index (χ2v) is 7.44. The molecule has 1 aromatic heterocycles. The third-order valence-electron chi connectivity index (χ3n) is 2.79. The lowest BCUT2D eigenvalue weighted by Crippen LogP contribution is -2.27. The number of halogens is 2. The molecule has 1 aromatic carbocycles. The summed E-state index contributed by atoms with van der Waals surface area (Å²) >= 11 is 8.98. The molecule has 0 saturated heterocycles. The summed E-state index contributed by atoms with van der Waals surface area (Å²) in [6.07, 6.45) is 1.32. The van der Waals surface area contributed by atoms with E-state index in [1.165, 1.54) is 31.4 Å². The first-order valence-corrected chi connectivity index (χ1v) is 8.39. The van der Waals surface area contributed by atoms with Crippen LogP contribution in [0.5, 0.6) is 0 Å². The second kappa shape index (κ2) is 6.19. The molecule has 0 unspecified atom stereocenters. The Morgan fingerprint density at radius 3 is 2.41 bits per heavy atom. The van der Waals surface area contributed by atoms with Crippen LogP contribution in [0, 0.1) is 10.1 Å². The molecule has 0 aliphatic rings. The van der Waals surface area contributed by atoms with E-state index in [9.17, 15) is 18.5 Å². The third-order valence-corrected chi connectivity index (χ3v) is 5.34. The van der Waals surface area contributed by atoms with Gasteiger partial charge in [0.05, 0.1) is 19.3 Å². The molecular weight excluding hydrogens is 398 g/mol. The van der Waals surface area contributed by atoms with E-state index in [2.05, 4.69) is 20.9 Å². The van der Waals surface area contributed by atoms with E-state index in [0.29, 0.717) is 9.50 Å². The Morgan fingerprint density at radius 1 is 1.32 bits per heavy atom. The van der Waals surface area contributed by atoms with Crippen LogP contribution in [0.15, 0.2) is 45.9 Å². The normalized spacial score (nSPS) is 11.2. The summed E-state index contributed by atoms with van der Waals surface area (Å²) in [5.74, 6) is 0.155. The summed E-state index contributed by atoms with van der Waals surface area (Å²) in [5.41, 5.74) is -0.188. The molecule has 116 valence electrons. The number of non-ortho nitro benzene ring substituents is 1. The molecule has 0 spiro atoms. The first-order chi connectivity index (χ1) is 10.2. The van der Waals surface area contributed by atoms with Crippen LogP contribution in [0.2, 0.25) is 5.02 Å². The number of anilines is 1. The zero-order valence-electron chi connectivity index (χ0n) is 11.1. The summed E-state index contributed by atoms with van der Waals surface area (Å²) in [5, 5.41) is 11.0. The zero-order chi connectivity index (χ0) is 16.5. The SMILES string of the molecule is CN(c1ncc(Cl)cc1Br)S(=O)(=O)c1ccc([N+](=O)[O-])cc1. The van der Waals surface area contributed by atoms with Crippen LogP contribution in [-0.2, 0) is 10.0 Å². The van der Waals surface area contributed by atoms with Crippen LogP contribution in [-0.4, -0.2) is 25.4 Å². The number of aromatic nitrogens is 1. The molecule has 0 aliphatic carbocycles. The first kappa shape index (κ1) is 16.7. The van der Waals surface area contributed by atoms with Gasteiger partial charge in [-0.15, -0.1) is 0 Å². The Kier molecular flexibility index (Phi) is 4.69. The van der Waals surface area contributed by atoms with Crippen molar-refractivity contribution in [3.05, 3.63) is 56.1 Å². The quantitative estimate of drug-likeness (QED) is 0.574. The molecule has 0 amide bonds. The lowest BCUT2D eigenvalue weighted by molar-refractivity contribution is -0.384. The fourth-order valence-electron chi connectivity index (χ4n) is 1.65. The fourth-order valence-corrected chi connectivity index (χ4v) is 3.84. The summed E-state index contributed by atoms with van der Waals surface area (Å²) in [6.45, 7) is 0. The van der Waals surface area contributed by atoms with Gasteiger partial charge in [-0.2, -0.15) is 0 Å². The van der Waals surface area contributed by atoms with Crippen molar-refractivity contribution < 1.29 is 13.3 Å². The average molecular weight is 407 g/mol. The van der Waals surface area contributed by atoms with Gasteiger partial charge in [0.1, 0.15) is 0 Å². The van der Waals surface area contributed by atoms with Crippen molar-refractivity contribution in [3.8, 4) is 0 Å². The molecule has 7 nitrogen and oxygen atoms in total. The number of hydrogen-bond acceptors (Lipinski definition) is 5. The largest absolute Gasteiger partial charge is 0.269 e. The Hall–Kier alpha value is -1.71. The van der Waals surface area contributed by atoms with Crippen molar-refractivity contribution in [1.29, 1.82) is 0 Å².